The number of carbonyl (C=O) groups excluding carboxylic acids is 2. The summed E-state index contributed by atoms with van der Waals surface area (Å²) in [6.45, 7) is -0.213. The van der Waals surface area contributed by atoms with Gasteiger partial charge in [0.2, 0.25) is 11.8 Å². The molecule has 0 aliphatic carbocycles. The molecule has 0 fully saturated rings. The molecule has 4 aromatic heterocycles. The third-order valence-electron chi connectivity index (χ3n) is 8.58. The van der Waals surface area contributed by atoms with Crippen LogP contribution in [0.4, 0.5) is 0 Å². The summed E-state index contributed by atoms with van der Waals surface area (Å²) in [6.07, 6.45) is 0. The highest BCUT2D eigenvalue weighted by atomic mass is 32.1. The van der Waals surface area contributed by atoms with Crippen molar-refractivity contribution in [3.8, 4) is 0 Å². The largest absolute Gasteiger partial charge is 0.348 e. The molecular weight excluding hydrogens is 705 g/mol. The van der Waals surface area contributed by atoms with Crippen molar-refractivity contribution in [3.05, 3.63) is 148 Å². The fourth-order valence-electron chi connectivity index (χ4n) is 6.16. The summed E-state index contributed by atoms with van der Waals surface area (Å²) in [5.74, 6) is -1.82. The van der Waals surface area contributed by atoms with E-state index in [0.717, 1.165) is 29.8 Å². The van der Waals surface area contributed by atoms with Crippen molar-refractivity contribution >= 4 is 76.5 Å². The molecule has 8 aromatic rings. The Hall–Kier alpha value is -6.52. The Bertz CT molecular complexity index is 2670. The van der Waals surface area contributed by atoms with Gasteiger partial charge < -0.3 is 10.6 Å². The molecule has 0 bridgehead atoms. The van der Waals surface area contributed by atoms with Gasteiger partial charge in [0.25, 0.3) is 22.2 Å². The summed E-state index contributed by atoms with van der Waals surface area (Å²) < 4.78 is 3.23. The van der Waals surface area contributed by atoms with Gasteiger partial charge >= 0.3 is 0 Å². The molecule has 0 saturated heterocycles. The minimum atomic E-state index is -1.90. The van der Waals surface area contributed by atoms with Crippen molar-refractivity contribution in [1.29, 1.82) is 0 Å². The molecule has 0 saturated carbocycles. The molecule has 2 unspecified atom stereocenters. The lowest BCUT2D eigenvalue weighted by molar-refractivity contribution is -0.134. The summed E-state index contributed by atoms with van der Waals surface area (Å²) >= 11 is 2.68. The van der Waals surface area contributed by atoms with Crippen LogP contribution in [0.15, 0.2) is 116 Å². The fourth-order valence-corrected chi connectivity index (χ4v) is 7.97. The van der Waals surface area contributed by atoms with E-state index >= 15 is 0 Å². The number of amides is 2. The lowest BCUT2D eigenvalue weighted by atomic mass is 10.0. The first-order valence-electron chi connectivity index (χ1n) is 16.0. The number of carbonyl (C=O) groups is 2. The first kappa shape index (κ1) is 32.7. The Labute approximate surface area is 299 Å². The maximum Gasteiger partial charge on any atom is 0.273 e. The van der Waals surface area contributed by atoms with Crippen LogP contribution >= 0.6 is 22.7 Å². The van der Waals surface area contributed by atoms with Gasteiger partial charge in [-0.3, -0.25) is 39.0 Å². The highest BCUT2D eigenvalue weighted by Gasteiger charge is 2.40. The average molecular weight is 731 g/mol. The molecule has 2 amide bonds. The van der Waals surface area contributed by atoms with E-state index in [0.29, 0.717) is 10.0 Å². The van der Waals surface area contributed by atoms with E-state index in [-0.39, 0.29) is 34.6 Å². The summed E-state index contributed by atoms with van der Waals surface area (Å²) in [5.41, 5.74) is -1.61. The molecule has 4 heterocycles. The van der Waals surface area contributed by atoms with Crippen LogP contribution in [-0.2, 0) is 22.7 Å². The first-order chi connectivity index (χ1) is 25.3. The van der Waals surface area contributed by atoms with Gasteiger partial charge in [-0.1, -0.05) is 48.5 Å². The van der Waals surface area contributed by atoms with E-state index in [4.69, 9.17) is 0 Å². The summed E-state index contributed by atoms with van der Waals surface area (Å²) in [6, 6.07) is 23.1. The molecule has 0 aliphatic rings. The Balaban J connectivity index is 1.28. The molecule has 8 rings (SSSR count). The normalized spacial score (nSPS) is 12.7. The van der Waals surface area contributed by atoms with Gasteiger partial charge in [-0.15, -0.1) is 22.7 Å². The van der Waals surface area contributed by atoms with Crippen LogP contribution < -0.4 is 32.9 Å². The number of nitrogens with zero attached hydrogens (tertiary/aromatic N) is 4. The van der Waals surface area contributed by atoms with Crippen LogP contribution in [0.3, 0.4) is 0 Å². The van der Waals surface area contributed by atoms with Crippen molar-refractivity contribution in [3.63, 3.8) is 0 Å². The zero-order chi connectivity index (χ0) is 35.9. The number of aromatic amines is 2. The van der Waals surface area contributed by atoms with E-state index in [1.807, 2.05) is 48.5 Å². The van der Waals surface area contributed by atoms with Crippen molar-refractivity contribution in [2.45, 2.75) is 25.2 Å². The Kier molecular flexibility index (Phi) is 8.36. The van der Waals surface area contributed by atoms with Gasteiger partial charge in [-0.05, 0) is 48.5 Å². The number of H-pyrrole nitrogens is 2. The fraction of sp³-hybridized carbons (Fsp3) is 0.111. The van der Waals surface area contributed by atoms with E-state index < -0.39 is 46.1 Å². The Morgan fingerprint density at radius 1 is 0.558 bits per heavy atom. The molecule has 2 atom stereocenters. The van der Waals surface area contributed by atoms with Crippen LogP contribution in [0.5, 0.6) is 0 Å². The predicted molar refractivity (Wildman–Crippen MR) is 199 cm³/mol. The second-order valence-corrected chi connectivity index (χ2v) is 14.0. The standard InChI is InChI=1S/C36H26N8O6S2/c45-31-19-9-1-3-11-21(19)35(49)43(41-31)29(33(47)37-17-27-39-23-13-5-7-15-25(23)51-27)30(44-36(50)22-12-4-2-10-20(22)32(46)42-44)34(48)38-18-28-40-24-14-6-8-16-26(24)52-28/h1-16,29-30H,17-18H2,(H,37,47)(H,38,48)(H,41,45)(H,42,46). The smallest absolute Gasteiger partial charge is 0.273 e. The first-order valence-corrected chi connectivity index (χ1v) is 17.6. The summed E-state index contributed by atoms with van der Waals surface area (Å²) in [7, 11) is 0. The Morgan fingerprint density at radius 2 is 0.923 bits per heavy atom. The second kappa shape index (κ2) is 13.3. The highest BCUT2D eigenvalue weighted by molar-refractivity contribution is 7.18. The van der Waals surface area contributed by atoms with Crippen molar-refractivity contribution < 1.29 is 9.59 Å². The SMILES string of the molecule is O=C(NCc1nc2ccccc2s1)C(C(C(=O)NCc1nc2ccccc2s1)n1[nH]c(=O)c2ccccc2c1=O)n1[nH]c(=O)c2ccccc2c1=O. The number of nitrogens with one attached hydrogen (secondary N) is 4. The number of benzene rings is 4. The molecule has 14 nitrogen and oxygen atoms in total. The number of hydrogen-bond acceptors (Lipinski definition) is 10. The quantitative estimate of drug-likeness (QED) is 0.174. The van der Waals surface area contributed by atoms with Gasteiger partial charge in [0.15, 0.2) is 12.1 Å². The van der Waals surface area contributed by atoms with E-state index in [9.17, 15) is 28.8 Å². The molecule has 52 heavy (non-hydrogen) atoms. The number of para-hydroxylation sites is 2. The molecule has 16 heteroatoms. The van der Waals surface area contributed by atoms with Crippen LogP contribution in [0.25, 0.3) is 42.0 Å². The maximum atomic E-state index is 14.5. The van der Waals surface area contributed by atoms with Crippen molar-refractivity contribution in [2.75, 3.05) is 0 Å². The van der Waals surface area contributed by atoms with Gasteiger partial charge in [0.1, 0.15) is 10.0 Å². The molecule has 0 aliphatic heterocycles. The van der Waals surface area contributed by atoms with Gasteiger partial charge in [0, 0.05) is 0 Å². The zero-order valence-corrected chi connectivity index (χ0v) is 28.5. The van der Waals surface area contributed by atoms with Crippen molar-refractivity contribution in [2.24, 2.45) is 0 Å². The minimum absolute atomic E-state index is 0.0248. The third-order valence-corrected chi connectivity index (χ3v) is 10.7. The lowest BCUT2D eigenvalue weighted by Gasteiger charge is -2.28. The van der Waals surface area contributed by atoms with E-state index in [1.54, 1.807) is 24.3 Å². The maximum absolute atomic E-state index is 14.5. The van der Waals surface area contributed by atoms with Gasteiger partial charge in [0.05, 0.1) is 55.1 Å². The molecule has 0 spiro atoms. The van der Waals surface area contributed by atoms with Crippen LogP contribution in [-0.4, -0.2) is 41.3 Å². The van der Waals surface area contributed by atoms with Gasteiger partial charge in [-0.2, -0.15) is 0 Å². The van der Waals surface area contributed by atoms with Crippen LogP contribution in [0, 0.1) is 0 Å². The molecule has 258 valence electrons. The minimum Gasteiger partial charge on any atom is -0.348 e. The average Bonchev–Trinajstić information content (AvgIpc) is 3.79. The summed E-state index contributed by atoms with van der Waals surface area (Å²) in [5, 5.41) is 11.6. The number of hydrogen-bond donors (Lipinski definition) is 4. The number of rotatable bonds is 9. The number of fused-ring (bicyclic) bond motifs is 4. The van der Waals surface area contributed by atoms with E-state index in [2.05, 4.69) is 30.8 Å². The second-order valence-electron chi connectivity index (χ2n) is 11.8. The van der Waals surface area contributed by atoms with Crippen molar-refractivity contribution in [1.82, 2.24) is 40.2 Å². The monoisotopic (exact) mass is 730 g/mol. The van der Waals surface area contributed by atoms with Gasteiger partial charge in [-0.25, -0.2) is 19.3 Å². The van der Waals surface area contributed by atoms with E-state index in [1.165, 1.54) is 46.9 Å². The molecular formula is C36H26N8O6S2. The number of thiazole rings is 2. The van der Waals surface area contributed by atoms with Crippen LogP contribution in [0.1, 0.15) is 22.1 Å². The highest BCUT2D eigenvalue weighted by Crippen LogP contribution is 2.26. The van der Waals surface area contributed by atoms with Crippen LogP contribution in [0.2, 0.25) is 0 Å². The zero-order valence-electron chi connectivity index (χ0n) is 26.9. The third kappa shape index (κ3) is 5.88. The predicted octanol–water partition coefficient (Wildman–Crippen LogP) is 3.33. The topological polar surface area (TPSA) is 194 Å². The molecule has 4 N–H and O–H groups in total. The molecule has 4 aromatic carbocycles. The molecule has 0 radical (unpaired) electrons. The lowest BCUT2D eigenvalue weighted by Crippen LogP contribution is -2.51. The Morgan fingerprint density at radius 3 is 1.33 bits per heavy atom. The number of aromatic nitrogens is 6. The summed E-state index contributed by atoms with van der Waals surface area (Å²) in [4.78, 5) is 93.1.